The lowest BCUT2D eigenvalue weighted by Gasteiger charge is -2.11. The number of benzene rings is 1. The van der Waals surface area contributed by atoms with Crippen molar-refractivity contribution in [3.63, 3.8) is 0 Å². The average molecular weight is 368 g/mol. The fraction of sp³-hybridized carbons (Fsp3) is 0.417. The molecule has 5 heteroatoms. The third-order valence-corrected chi connectivity index (χ3v) is 3.99. The van der Waals surface area contributed by atoms with Gasteiger partial charge in [0.2, 0.25) is 0 Å². The Kier molecular flexibility index (Phi) is 6.22. The molecule has 0 aliphatic carbocycles. The number of carbonyl (C=O) groups is 1. The predicted molar refractivity (Wildman–Crippen MR) is 77.4 cm³/mol. The molecule has 0 aliphatic heterocycles. The SMILES string of the molecule is CC(CCO)CNC(=O)c1ccc(I)c(Cl)c1. The third-order valence-electron chi connectivity index (χ3n) is 2.41. The molecule has 3 nitrogen and oxygen atoms in total. The molecule has 1 atom stereocenters. The molecule has 94 valence electrons. The van der Waals surface area contributed by atoms with E-state index in [-0.39, 0.29) is 18.4 Å². The lowest BCUT2D eigenvalue weighted by molar-refractivity contribution is 0.0945. The van der Waals surface area contributed by atoms with Crippen LogP contribution in [-0.2, 0) is 0 Å². The maximum Gasteiger partial charge on any atom is 0.251 e. The van der Waals surface area contributed by atoms with Crippen LogP contribution in [0.4, 0.5) is 0 Å². The van der Waals surface area contributed by atoms with Crippen molar-refractivity contribution < 1.29 is 9.90 Å². The Bertz CT molecular complexity index is 398. The maximum absolute atomic E-state index is 11.8. The van der Waals surface area contributed by atoms with E-state index in [1.54, 1.807) is 12.1 Å². The topological polar surface area (TPSA) is 49.3 Å². The van der Waals surface area contributed by atoms with Crippen LogP contribution in [0.15, 0.2) is 18.2 Å². The smallest absolute Gasteiger partial charge is 0.251 e. The van der Waals surface area contributed by atoms with E-state index >= 15 is 0 Å². The molecule has 1 unspecified atom stereocenters. The zero-order valence-electron chi connectivity index (χ0n) is 9.54. The van der Waals surface area contributed by atoms with Crippen molar-refractivity contribution >= 4 is 40.1 Å². The molecule has 1 amide bonds. The molecule has 2 N–H and O–H groups in total. The van der Waals surface area contributed by atoms with Gasteiger partial charge in [-0.05, 0) is 53.1 Å². The van der Waals surface area contributed by atoms with Gasteiger partial charge < -0.3 is 10.4 Å². The van der Waals surface area contributed by atoms with Crippen LogP contribution >= 0.6 is 34.2 Å². The fourth-order valence-electron chi connectivity index (χ4n) is 1.33. The van der Waals surface area contributed by atoms with E-state index in [0.29, 0.717) is 23.6 Å². The highest BCUT2D eigenvalue weighted by Crippen LogP contribution is 2.19. The van der Waals surface area contributed by atoms with Gasteiger partial charge in [0, 0.05) is 22.3 Å². The van der Waals surface area contributed by atoms with Crippen molar-refractivity contribution in [3.05, 3.63) is 32.4 Å². The van der Waals surface area contributed by atoms with Crippen molar-refractivity contribution in [1.29, 1.82) is 0 Å². The van der Waals surface area contributed by atoms with Crippen molar-refractivity contribution in [1.82, 2.24) is 5.32 Å². The monoisotopic (exact) mass is 367 g/mol. The Hall–Kier alpha value is -0.330. The van der Waals surface area contributed by atoms with Crippen LogP contribution in [0.5, 0.6) is 0 Å². The third kappa shape index (κ3) is 4.81. The summed E-state index contributed by atoms with van der Waals surface area (Å²) < 4.78 is 0.925. The largest absolute Gasteiger partial charge is 0.396 e. The minimum Gasteiger partial charge on any atom is -0.396 e. The first-order chi connectivity index (χ1) is 8.04. The molecule has 0 saturated carbocycles. The Morgan fingerprint density at radius 1 is 1.59 bits per heavy atom. The Morgan fingerprint density at radius 2 is 2.29 bits per heavy atom. The highest BCUT2D eigenvalue weighted by molar-refractivity contribution is 14.1. The summed E-state index contributed by atoms with van der Waals surface area (Å²) in [4.78, 5) is 11.8. The number of carbonyl (C=O) groups excluding carboxylic acids is 1. The van der Waals surface area contributed by atoms with Crippen molar-refractivity contribution in [2.45, 2.75) is 13.3 Å². The van der Waals surface area contributed by atoms with Crippen LogP contribution in [0.2, 0.25) is 5.02 Å². The van der Waals surface area contributed by atoms with Crippen LogP contribution in [0, 0.1) is 9.49 Å². The van der Waals surface area contributed by atoms with Gasteiger partial charge in [-0.25, -0.2) is 0 Å². The first kappa shape index (κ1) is 14.7. The number of aliphatic hydroxyl groups excluding tert-OH is 1. The number of nitrogens with one attached hydrogen (secondary N) is 1. The second kappa shape index (κ2) is 7.18. The Morgan fingerprint density at radius 3 is 2.88 bits per heavy atom. The molecule has 0 saturated heterocycles. The predicted octanol–water partition coefficient (Wildman–Crippen LogP) is 2.69. The number of halogens is 2. The van der Waals surface area contributed by atoms with Gasteiger partial charge in [-0.15, -0.1) is 0 Å². The summed E-state index contributed by atoms with van der Waals surface area (Å²) in [7, 11) is 0. The van der Waals surface area contributed by atoms with Gasteiger partial charge in [-0.3, -0.25) is 4.79 Å². The molecule has 0 radical (unpaired) electrons. The standard InChI is InChI=1S/C12H15ClINO2/c1-8(4-5-16)7-15-12(17)9-2-3-11(14)10(13)6-9/h2-3,6,8,16H,4-5,7H2,1H3,(H,15,17). The molecule has 1 aromatic carbocycles. The average Bonchev–Trinajstić information content (AvgIpc) is 2.30. The van der Waals surface area contributed by atoms with Gasteiger partial charge in [0.05, 0.1) is 5.02 Å². The van der Waals surface area contributed by atoms with Crippen molar-refractivity contribution in [2.24, 2.45) is 5.92 Å². The zero-order chi connectivity index (χ0) is 12.8. The minimum atomic E-state index is -0.131. The molecule has 1 rings (SSSR count). The summed E-state index contributed by atoms with van der Waals surface area (Å²) >= 11 is 8.07. The molecule has 0 aliphatic rings. The summed E-state index contributed by atoms with van der Waals surface area (Å²) in [5.41, 5.74) is 0.562. The van der Waals surface area contributed by atoms with Gasteiger partial charge in [0.1, 0.15) is 0 Å². The molecule has 0 heterocycles. The van der Waals surface area contributed by atoms with Crippen LogP contribution in [0.3, 0.4) is 0 Å². The number of hydrogen-bond acceptors (Lipinski definition) is 2. The number of hydrogen-bond donors (Lipinski definition) is 2. The zero-order valence-corrected chi connectivity index (χ0v) is 12.5. The van der Waals surface area contributed by atoms with Crippen LogP contribution in [0.1, 0.15) is 23.7 Å². The molecule has 0 fully saturated rings. The van der Waals surface area contributed by atoms with E-state index in [2.05, 4.69) is 27.9 Å². The normalized spacial score (nSPS) is 12.2. The summed E-state index contributed by atoms with van der Waals surface area (Å²) in [5, 5.41) is 12.2. The van der Waals surface area contributed by atoms with E-state index < -0.39 is 0 Å². The Balaban J connectivity index is 2.55. The summed E-state index contributed by atoms with van der Waals surface area (Å²) in [6, 6.07) is 5.23. The van der Waals surface area contributed by atoms with Gasteiger partial charge in [-0.2, -0.15) is 0 Å². The molecule has 0 spiro atoms. The second-order valence-electron chi connectivity index (χ2n) is 3.96. The first-order valence-electron chi connectivity index (χ1n) is 5.38. The molecular weight excluding hydrogens is 352 g/mol. The fourth-order valence-corrected chi connectivity index (χ4v) is 1.84. The maximum atomic E-state index is 11.8. The van der Waals surface area contributed by atoms with Gasteiger partial charge >= 0.3 is 0 Å². The first-order valence-corrected chi connectivity index (χ1v) is 6.84. The number of amides is 1. The molecule has 0 aromatic heterocycles. The number of rotatable bonds is 5. The van der Waals surface area contributed by atoms with E-state index in [1.807, 2.05) is 13.0 Å². The summed E-state index contributed by atoms with van der Waals surface area (Å²) in [6.07, 6.45) is 0.688. The van der Waals surface area contributed by atoms with Crippen LogP contribution < -0.4 is 5.32 Å². The van der Waals surface area contributed by atoms with Crippen LogP contribution in [0.25, 0.3) is 0 Å². The van der Waals surface area contributed by atoms with E-state index in [9.17, 15) is 4.79 Å². The van der Waals surface area contributed by atoms with Crippen molar-refractivity contribution in [2.75, 3.05) is 13.2 Å². The summed E-state index contributed by atoms with van der Waals surface area (Å²) in [6.45, 7) is 2.69. The summed E-state index contributed by atoms with van der Waals surface area (Å²) in [5.74, 6) is 0.136. The second-order valence-corrected chi connectivity index (χ2v) is 5.53. The molecular formula is C12H15ClINO2. The number of aliphatic hydroxyl groups is 1. The van der Waals surface area contributed by atoms with Gasteiger partial charge in [0.25, 0.3) is 5.91 Å². The van der Waals surface area contributed by atoms with E-state index in [4.69, 9.17) is 16.7 Å². The van der Waals surface area contributed by atoms with Gasteiger partial charge in [0.15, 0.2) is 0 Å². The van der Waals surface area contributed by atoms with E-state index in [0.717, 1.165) is 3.57 Å². The minimum absolute atomic E-state index is 0.131. The quantitative estimate of drug-likeness (QED) is 0.786. The molecule has 1 aromatic rings. The molecule has 17 heavy (non-hydrogen) atoms. The van der Waals surface area contributed by atoms with Crippen molar-refractivity contribution in [3.8, 4) is 0 Å². The highest BCUT2D eigenvalue weighted by Gasteiger charge is 2.09. The van der Waals surface area contributed by atoms with Gasteiger partial charge in [-0.1, -0.05) is 18.5 Å². The lowest BCUT2D eigenvalue weighted by Crippen LogP contribution is -2.28. The molecule has 0 bridgehead atoms. The lowest BCUT2D eigenvalue weighted by atomic mass is 10.1. The Labute approximate surface area is 120 Å². The van der Waals surface area contributed by atoms with E-state index in [1.165, 1.54) is 0 Å². The highest BCUT2D eigenvalue weighted by atomic mass is 127. The van der Waals surface area contributed by atoms with Crippen LogP contribution in [-0.4, -0.2) is 24.2 Å².